The zero-order chi connectivity index (χ0) is 47.1. The van der Waals surface area contributed by atoms with Crippen molar-refractivity contribution >= 4 is 48.6 Å². The second-order valence-corrected chi connectivity index (χ2v) is 20.5. The number of para-hydroxylation sites is 4. The summed E-state index contributed by atoms with van der Waals surface area (Å²) in [6.07, 6.45) is 0. The van der Waals surface area contributed by atoms with Crippen molar-refractivity contribution in [3.63, 3.8) is 0 Å². The molecule has 0 unspecified atom stereocenters. The minimum atomic E-state index is -0.627. The Hall–Kier alpha value is -8.96. The van der Waals surface area contributed by atoms with Gasteiger partial charge in [-0.3, -0.25) is 0 Å². The maximum atomic E-state index is 6.77. The lowest BCUT2D eigenvalue weighted by molar-refractivity contribution is 0.436. The topological polar surface area (TPSA) is 21.7 Å². The lowest BCUT2D eigenvalue weighted by atomic mass is 9.66. The highest BCUT2D eigenvalue weighted by Gasteiger charge is 2.54. The van der Waals surface area contributed by atoms with Crippen molar-refractivity contribution in [2.45, 2.75) is 10.8 Å². The van der Waals surface area contributed by atoms with Gasteiger partial charge in [-0.25, -0.2) is 0 Å². The summed E-state index contributed by atoms with van der Waals surface area (Å²) in [5.41, 5.74) is 18.8. The normalized spacial score (nSPS) is 14.3. The van der Waals surface area contributed by atoms with Crippen LogP contribution in [0.2, 0.25) is 0 Å². The third kappa shape index (κ3) is 5.13. The van der Waals surface area contributed by atoms with Crippen molar-refractivity contribution in [3.8, 4) is 56.4 Å². The Labute approximate surface area is 421 Å². The molecule has 3 heterocycles. The van der Waals surface area contributed by atoms with Crippen molar-refractivity contribution < 1.29 is 9.47 Å². The molecular formula is C68H41NO2S. The first kappa shape index (κ1) is 39.8. The van der Waals surface area contributed by atoms with Gasteiger partial charge in [-0.1, -0.05) is 182 Å². The Balaban J connectivity index is 0.984. The Morgan fingerprint density at radius 1 is 0.306 bits per heavy atom. The smallest absolute Gasteiger partial charge is 0.132 e. The van der Waals surface area contributed by atoms with Gasteiger partial charge in [0.05, 0.1) is 22.2 Å². The molecule has 0 atom stereocenters. The molecule has 16 rings (SSSR count). The maximum Gasteiger partial charge on any atom is 0.132 e. The van der Waals surface area contributed by atoms with E-state index in [0.717, 1.165) is 62.3 Å². The number of anilines is 3. The van der Waals surface area contributed by atoms with Crippen molar-refractivity contribution in [2.24, 2.45) is 0 Å². The molecule has 0 amide bonds. The van der Waals surface area contributed by atoms with Crippen LogP contribution < -0.4 is 14.4 Å². The number of ether oxygens (including phenoxy) is 2. The number of hydrogen-bond acceptors (Lipinski definition) is 4. The summed E-state index contributed by atoms with van der Waals surface area (Å²) in [7, 11) is 0. The van der Waals surface area contributed by atoms with E-state index in [9.17, 15) is 0 Å². The molecule has 2 spiro atoms. The molecule has 12 aromatic rings. The molecule has 0 bridgehead atoms. The van der Waals surface area contributed by atoms with Gasteiger partial charge < -0.3 is 14.4 Å². The summed E-state index contributed by atoms with van der Waals surface area (Å²) in [5, 5.41) is 2.60. The van der Waals surface area contributed by atoms with Gasteiger partial charge in [0.25, 0.3) is 0 Å². The standard InChI is InChI=1S/C68H41NO2S/c1-4-20-49-46(18-1)65-55(67(49)51-22-6-10-30-59(51)70-60-31-11-7-23-52(60)67)26-15-28-57(65)69(44-38-35-42(36-39-44)43-37-40-64-48(41-43)45-17-3-14-34-63(45)72-64)58-29-16-27-56-66(58)47-19-2-5-21-50(47)68(56)53-24-8-12-32-61(53)71-62-33-13-9-25-54(62)68/h1-41H. The van der Waals surface area contributed by atoms with E-state index in [1.165, 1.54) is 75.8 Å². The van der Waals surface area contributed by atoms with Gasteiger partial charge in [0.15, 0.2) is 0 Å². The second-order valence-electron chi connectivity index (χ2n) is 19.4. The van der Waals surface area contributed by atoms with Crippen LogP contribution in [0.3, 0.4) is 0 Å². The zero-order valence-corrected chi connectivity index (χ0v) is 39.7. The van der Waals surface area contributed by atoms with E-state index in [2.05, 4.69) is 254 Å². The largest absolute Gasteiger partial charge is 0.457 e. The zero-order valence-electron chi connectivity index (χ0n) is 38.8. The minimum absolute atomic E-state index is 0.627. The number of hydrogen-bond donors (Lipinski definition) is 0. The molecule has 11 aromatic carbocycles. The van der Waals surface area contributed by atoms with Crippen LogP contribution in [0.5, 0.6) is 23.0 Å². The highest BCUT2D eigenvalue weighted by atomic mass is 32.1. The van der Waals surface area contributed by atoms with Gasteiger partial charge in [-0.05, 0) is 111 Å². The number of rotatable bonds is 4. The van der Waals surface area contributed by atoms with Crippen LogP contribution in [0.15, 0.2) is 249 Å². The number of nitrogens with zero attached hydrogens (tertiary/aromatic N) is 1. The molecule has 0 fully saturated rings. The first-order chi connectivity index (χ1) is 35.7. The Morgan fingerprint density at radius 2 is 0.708 bits per heavy atom. The monoisotopic (exact) mass is 935 g/mol. The summed E-state index contributed by atoms with van der Waals surface area (Å²) < 4.78 is 16.2. The molecule has 0 saturated carbocycles. The average molecular weight is 936 g/mol. The fourth-order valence-electron chi connectivity index (χ4n) is 13.3. The molecule has 2 aliphatic carbocycles. The van der Waals surface area contributed by atoms with Crippen LogP contribution in [0.25, 0.3) is 53.6 Å². The Bertz CT molecular complexity index is 3970. The van der Waals surface area contributed by atoms with Gasteiger partial charge in [0.1, 0.15) is 23.0 Å². The first-order valence-electron chi connectivity index (χ1n) is 24.7. The van der Waals surface area contributed by atoms with E-state index in [1.54, 1.807) is 0 Å². The van der Waals surface area contributed by atoms with Crippen LogP contribution in [0, 0.1) is 0 Å². The third-order valence-electron chi connectivity index (χ3n) is 16.0. The van der Waals surface area contributed by atoms with Crippen molar-refractivity contribution in [1.82, 2.24) is 0 Å². The third-order valence-corrected chi connectivity index (χ3v) is 17.2. The highest BCUT2D eigenvalue weighted by Crippen LogP contribution is 2.67. The summed E-state index contributed by atoms with van der Waals surface area (Å²) in [6.45, 7) is 0. The summed E-state index contributed by atoms with van der Waals surface area (Å²) in [5.74, 6) is 3.52. The SMILES string of the molecule is c1ccc2c(c1)Oc1ccccc1C21c2ccccc2-c2c(N(c3ccc(-c4ccc5sc6ccccc6c5c4)cc3)c3cccc4c3-c3ccccc3C43c4ccccc4Oc4ccccc43)cccc21. The van der Waals surface area contributed by atoms with Gasteiger partial charge >= 0.3 is 0 Å². The summed E-state index contributed by atoms with van der Waals surface area (Å²) in [4.78, 5) is 2.55. The molecule has 4 aliphatic rings. The lowest BCUT2D eigenvalue weighted by Crippen LogP contribution is -2.32. The van der Waals surface area contributed by atoms with E-state index in [4.69, 9.17) is 9.47 Å². The molecule has 2 aliphatic heterocycles. The van der Waals surface area contributed by atoms with Gasteiger partial charge in [0, 0.05) is 59.2 Å². The molecule has 0 saturated heterocycles. The molecule has 336 valence electrons. The van der Waals surface area contributed by atoms with Gasteiger partial charge in [0.2, 0.25) is 0 Å². The number of thiophene rings is 1. The maximum absolute atomic E-state index is 6.77. The summed E-state index contributed by atoms with van der Waals surface area (Å²) in [6, 6.07) is 91.5. The van der Waals surface area contributed by atoms with E-state index in [1.807, 2.05) is 11.3 Å². The lowest BCUT2D eigenvalue weighted by Gasteiger charge is -2.40. The van der Waals surface area contributed by atoms with Gasteiger partial charge in [-0.2, -0.15) is 0 Å². The van der Waals surface area contributed by atoms with E-state index in [-0.39, 0.29) is 0 Å². The number of benzene rings is 11. The molecule has 72 heavy (non-hydrogen) atoms. The molecule has 0 radical (unpaired) electrons. The number of fused-ring (bicyclic) bond motifs is 21. The van der Waals surface area contributed by atoms with Crippen LogP contribution in [0.4, 0.5) is 17.1 Å². The molecule has 0 N–H and O–H groups in total. The molecular weight excluding hydrogens is 895 g/mol. The van der Waals surface area contributed by atoms with E-state index >= 15 is 0 Å². The van der Waals surface area contributed by atoms with Crippen molar-refractivity contribution in [3.05, 3.63) is 293 Å². The highest BCUT2D eigenvalue weighted by molar-refractivity contribution is 7.25. The van der Waals surface area contributed by atoms with Crippen molar-refractivity contribution in [1.29, 1.82) is 0 Å². The van der Waals surface area contributed by atoms with Gasteiger partial charge in [-0.15, -0.1) is 11.3 Å². The van der Waals surface area contributed by atoms with Crippen LogP contribution in [-0.4, -0.2) is 0 Å². The predicted octanol–water partition coefficient (Wildman–Crippen LogP) is 18.1. The Morgan fingerprint density at radius 3 is 1.22 bits per heavy atom. The van der Waals surface area contributed by atoms with E-state index in [0.29, 0.717) is 0 Å². The molecule has 3 nitrogen and oxygen atoms in total. The van der Waals surface area contributed by atoms with Crippen LogP contribution in [-0.2, 0) is 10.8 Å². The van der Waals surface area contributed by atoms with E-state index < -0.39 is 10.8 Å². The quantitative estimate of drug-likeness (QED) is 0.176. The van der Waals surface area contributed by atoms with Crippen LogP contribution >= 0.6 is 11.3 Å². The average Bonchev–Trinajstić information content (AvgIpc) is 4.07. The Kier molecular flexibility index (Phi) is 8.18. The fourth-order valence-corrected chi connectivity index (χ4v) is 14.3. The molecule has 1 aromatic heterocycles. The first-order valence-corrected chi connectivity index (χ1v) is 25.6. The second kappa shape index (κ2) is 14.8. The minimum Gasteiger partial charge on any atom is -0.457 e. The molecule has 4 heteroatoms. The summed E-state index contributed by atoms with van der Waals surface area (Å²) >= 11 is 1.86. The fraction of sp³-hybridized carbons (Fsp3) is 0.0294. The van der Waals surface area contributed by atoms with Crippen molar-refractivity contribution in [2.75, 3.05) is 4.90 Å². The van der Waals surface area contributed by atoms with Crippen LogP contribution in [0.1, 0.15) is 44.5 Å². The predicted molar refractivity (Wildman–Crippen MR) is 294 cm³/mol.